The molecule has 0 radical (unpaired) electrons. The number of carbonyl (C=O) groups is 1. The lowest BCUT2D eigenvalue weighted by atomic mass is 9.60. The molecule has 1 saturated heterocycles. The van der Waals surface area contributed by atoms with Crippen LogP contribution in [0.5, 0.6) is 0 Å². The van der Waals surface area contributed by atoms with Crippen LogP contribution in [-0.2, 0) is 25.6 Å². The van der Waals surface area contributed by atoms with Crippen LogP contribution in [0.1, 0.15) is 31.2 Å². The first-order chi connectivity index (χ1) is 12.7. The van der Waals surface area contributed by atoms with Gasteiger partial charge in [-0.15, -0.1) is 0 Å². The highest BCUT2D eigenvalue weighted by Crippen LogP contribution is 2.66. The minimum Gasteiger partial charge on any atom is -0.372 e. The van der Waals surface area contributed by atoms with E-state index in [9.17, 15) is 4.79 Å². The Balaban J connectivity index is 1.44. The summed E-state index contributed by atoms with van der Waals surface area (Å²) < 4.78 is 18.1. The summed E-state index contributed by atoms with van der Waals surface area (Å²) in [6.45, 7) is 1.72. The number of hydrogen-bond acceptors (Lipinski definition) is 4. The summed E-state index contributed by atoms with van der Waals surface area (Å²) in [5.74, 6) is -0.0714. The molecular formula is C22H26O4. The van der Waals surface area contributed by atoms with E-state index < -0.39 is 5.79 Å². The minimum atomic E-state index is -0.770. The topological polar surface area (TPSA) is 44.8 Å². The van der Waals surface area contributed by atoms with Crippen molar-refractivity contribution in [1.29, 1.82) is 0 Å². The van der Waals surface area contributed by atoms with Crippen molar-refractivity contribution in [3.63, 3.8) is 0 Å². The number of ketones is 1. The van der Waals surface area contributed by atoms with Crippen molar-refractivity contribution in [2.24, 2.45) is 23.2 Å². The lowest BCUT2D eigenvalue weighted by molar-refractivity contribution is -0.258. The smallest absolute Gasteiger partial charge is 0.184 e. The Morgan fingerprint density at radius 3 is 2.81 bits per heavy atom. The van der Waals surface area contributed by atoms with Gasteiger partial charge in [0.2, 0.25) is 0 Å². The van der Waals surface area contributed by atoms with E-state index in [0.29, 0.717) is 37.4 Å². The second kappa shape index (κ2) is 6.01. The molecule has 4 nitrogen and oxygen atoms in total. The molecule has 3 aliphatic carbocycles. The van der Waals surface area contributed by atoms with E-state index in [4.69, 9.17) is 14.2 Å². The maximum Gasteiger partial charge on any atom is 0.184 e. The van der Waals surface area contributed by atoms with Crippen molar-refractivity contribution in [2.75, 3.05) is 20.3 Å². The van der Waals surface area contributed by atoms with Gasteiger partial charge in [-0.25, -0.2) is 0 Å². The fourth-order valence-corrected chi connectivity index (χ4v) is 6.21. The molecule has 138 valence electrons. The number of allylic oxidation sites excluding steroid dienone is 1. The van der Waals surface area contributed by atoms with Crippen LogP contribution in [0, 0.1) is 23.2 Å². The SMILES string of the molecule is CO[C@]12OCC[C@H]1[C@H]1CCC[C@]13C=C(COCc1ccccc1)[C@H]2C3=O. The lowest BCUT2D eigenvalue weighted by Crippen LogP contribution is -2.58. The maximum atomic E-state index is 13.5. The highest BCUT2D eigenvalue weighted by Gasteiger charge is 2.71. The van der Waals surface area contributed by atoms with Gasteiger partial charge < -0.3 is 14.2 Å². The molecule has 0 aromatic heterocycles. The molecule has 26 heavy (non-hydrogen) atoms. The molecule has 0 unspecified atom stereocenters. The van der Waals surface area contributed by atoms with Crippen LogP contribution in [0.15, 0.2) is 42.0 Å². The van der Waals surface area contributed by atoms with Crippen LogP contribution in [0.2, 0.25) is 0 Å². The van der Waals surface area contributed by atoms with Crippen LogP contribution in [0.4, 0.5) is 0 Å². The first kappa shape index (κ1) is 16.7. The third-order valence-corrected chi connectivity index (χ3v) is 7.16. The standard InChI is InChI=1S/C22H26O4/c1-24-22-18(9-11-26-22)17-8-5-10-21(17)12-16(19(22)20(21)23)14-25-13-15-6-3-2-4-7-15/h2-4,6-7,12,17-19H,5,8-11,13-14H2,1H3/t17-,18+,19+,21+,22+/m1/s1. The molecule has 4 aliphatic rings. The Kier molecular flexibility index (Phi) is 3.85. The van der Waals surface area contributed by atoms with E-state index in [1.165, 1.54) is 0 Å². The molecule has 0 N–H and O–H groups in total. The van der Waals surface area contributed by atoms with Crippen molar-refractivity contribution in [3.8, 4) is 0 Å². The van der Waals surface area contributed by atoms with Crippen LogP contribution in [-0.4, -0.2) is 31.9 Å². The fraction of sp³-hybridized carbons (Fsp3) is 0.591. The Labute approximate surface area is 154 Å². The monoisotopic (exact) mass is 354 g/mol. The zero-order valence-electron chi connectivity index (χ0n) is 15.3. The van der Waals surface area contributed by atoms with Gasteiger partial charge in [-0.05, 0) is 36.3 Å². The Bertz CT molecular complexity index is 742. The number of carbonyl (C=O) groups excluding carboxylic acids is 1. The molecular weight excluding hydrogens is 328 g/mol. The number of benzene rings is 1. The van der Waals surface area contributed by atoms with E-state index in [-0.39, 0.29) is 11.3 Å². The van der Waals surface area contributed by atoms with Crippen molar-refractivity contribution in [3.05, 3.63) is 47.5 Å². The van der Waals surface area contributed by atoms with Gasteiger partial charge >= 0.3 is 0 Å². The van der Waals surface area contributed by atoms with Gasteiger partial charge in [0.15, 0.2) is 11.6 Å². The summed E-state index contributed by atoms with van der Waals surface area (Å²) >= 11 is 0. The number of hydrogen-bond donors (Lipinski definition) is 0. The average molecular weight is 354 g/mol. The summed E-state index contributed by atoms with van der Waals surface area (Å²) in [5.41, 5.74) is 1.94. The van der Waals surface area contributed by atoms with Crippen LogP contribution in [0.25, 0.3) is 0 Å². The van der Waals surface area contributed by atoms with E-state index in [0.717, 1.165) is 36.8 Å². The normalized spacial score (nSPS) is 40.4. The van der Waals surface area contributed by atoms with Crippen molar-refractivity contribution in [1.82, 2.24) is 0 Å². The second-order valence-electron chi connectivity index (χ2n) is 8.20. The predicted octanol–water partition coefficient (Wildman–Crippen LogP) is 3.51. The molecule has 2 bridgehead atoms. The zero-order chi connectivity index (χ0) is 17.8. The van der Waals surface area contributed by atoms with Crippen molar-refractivity contribution >= 4 is 5.78 Å². The number of Topliss-reactive ketones (excluding diaryl/α,β-unsaturated/α-hetero) is 1. The van der Waals surface area contributed by atoms with Crippen molar-refractivity contribution < 1.29 is 19.0 Å². The zero-order valence-corrected chi connectivity index (χ0v) is 15.3. The molecule has 1 aromatic rings. The van der Waals surface area contributed by atoms with Gasteiger partial charge in [-0.2, -0.15) is 0 Å². The van der Waals surface area contributed by atoms with E-state index >= 15 is 0 Å². The van der Waals surface area contributed by atoms with Gasteiger partial charge in [-0.1, -0.05) is 42.8 Å². The summed E-state index contributed by atoms with van der Waals surface area (Å²) in [6.07, 6.45) is 6.45. The maximum absolute atomic E-state index is 13.5. The first-order valence-electron chi connectivity index (χ1n) is 9.78. The molecule has 5 atom stereocenters. The number of fused-ring (bicyclic) bond motifs is 4. The van der Waals surface area contributed by atoms with Crippen LogP contribution < -0.4 is 0 Å². The van der Waals surface area contributed by atoms with E-state index in [1.807, 2.05) is 18.2 Å². The third kappa shape index (κ3) is 2.09. The van der Waals surface area contributed by atoms with Gasteiger partial charge in [0.05, 0.1) is 31.2 Å². The lowest BCUT2D eigenvalue weighted by Gasteiger charge is -2.48. The predicted molar refractivity (Wildman–Crippen MR) is 96.3 cm³/mol. The quantitative estimate of drug-likeness (QED) is 0.759. The molecule has 0 amide bonds. The molecule has 5 rings (SSSR count). The molecule has 1 aliphatic heterocycles. The van der Waals surface area contributed by atoms with Gasteiger partial charge in [-0.3, -0.25) is 4.79 Å². The molecule has 2 saturated carbocycles. The fourth-order valence-electron chi connectivity index (χ4n) is 6.21. The van der Waals surface area contributed by atoms with Crippen molar-refractivity contribution in [2.45, 2.75) is 38.1 Å². The Morgan fingerprint density at radius 2 is 2.00 bits per heavy atom. The number of ether oxygens (including phenoxy) is 3. The Hall–Kier alpha value is -1.49. The largest absolute Gasteiger partial charge is 0.372 e. The summed E-state index contributed by atoms with van der Waals surface area (Å²) in [4.78, 5) is 13.5. The van der Waals surface area contributed by atoms with Crippen LogP contribution in [0.3, 0.4) is 0 Å². The molecule has 4 heteroatoms. The summed E-state index contributed by atoms with van der Waals surface area (Å²) in [5, 5.41) is 0. The Morgan fingerprint density at radius 1 is 1.15 bits per heavy atom. The molecule has 1 aromatic carbocycles. The van der Waals surface area contributed by atoms with Crippen LogP contribution >= 0.6 is 0 Å². The average Bonchev–Trinajstić information content (AvgIpc) is 3.33. The first-order valence-corrected chi connectivity index (χ1v) is 9.78. The summed E-state index contributed by atoms with van der Waals surface area (Å²) in [7, 11) is 1.70. The second-order valence-corrected chi connectivity index (χ2v) is 8.20. The van der Waals surface area contributed by atoms with E-state index in [1.54, 1.807) is 7.11 Å². The third-order valence-electron chi connectivity index (χ3n) is 7.16. The van der Waals surface area contributed by atoms with Gasteiger partial charge in [0.1, 0.15) is 0 Å². The molecule has 3 fully saturated rings. The molecule has 1 heterocycles. The highest BCUT2D eigenvalue weighted by atomic mass is 16.7. The number of methoxy groups -OCH3 is 1. The highest BCUT2D eigenvalue weighted by molar-refractivity contribution is 5.97. The van der Waals surface area contributed by atoms with E-state index in [2.05, 4.69) is 18.2 Å². The van der Waals surface area contributed by atoms with Gasteiger partial charge in [0.25, 0.3) is 0 Å². The number of rotatable bonds is 5. The minimum absolute atomic E-state index is 0.281. The summed E-state index contributed by atoms with van der Waals surface area (Å²) in [6, 6.07) is 10.2. The van der Waals surface area contributed by atoms with Gasteiger partial charge in [0, 0.05) is 13.0 Å². The molecule has 1 spiro atoms.